The number of amides is 4. The Labute approximate surface area is 140 Å². The van der Waals surface area contributed by atoms with Crippen molar-refractivity contribution in [3.05, 3.63) is 30.1 Å². The first kappa shape index (κ1) is 19.6. The largest absolute Gasteiger partial charge is 0.338 e. The number of nitrogens with one attached hydrogen (secondary N) is 4. The number of hydrogen-bond donors (Lipinski definition) is 4. The van der Waals surface area contributed by atoms with Gasteiger partial charge in [0.1, 0.15) is 5.82 Å². The van der Waals surface area contributed by atoms with E-state index in [1.807, 2.05) is 13.8 Å². The number of anilines is 1. The summed E-state index contributed by atoms with van der Waals surface area (Å²) >= 11 is 0. The fourth-order valence-electron chi connectivity index (χ4n) is 1.89. The Morgan fingerprint density at radius 1 is 1.17 bits per heavy atom. The summed E-state index contributed by atoms with van der Waals surface area (Å²) in [5.41, 5.74) is 0.352. The van der Waals surface area contributed by atoms with Gasteiger partial charge in [0.25, 0.3) is 11.8 Å². The third-order valence-corrected chi connectivity index (χ3v) is 2.96. The van der Waals surface area contributed by atoms with E-state index in [9.17, 15) is 18.8 Å². The molecule has 4 N–H and O–H groups in total. The molecular formula is C16H24FN4O3+. The first-order chi connectivity index (χ1) is 11.3. The second kappa shape index (κ2) is 9.61. The fourth-order valence-corrected chi connectivity index (χ4v) is 1.89. The Morgan fingerprint density at radius 2 is 1.83 bits per heavy atom. The lowest BCUT2D eigenvalue weighted by atomic mass is 10.2. The van der Waals surface area contributed by atoms with Crippen LogP contribution in [0.3, 0.4) is 0 Å². The van der Waals surface area contributed by atoms with Crippen molar-refractivity contribution >= 4 is 23.5 Å². The molecule has 0 aliphatic carbocycles. The minimum atomic E-state index is -0.550. The molecule has 0 aromatic heterocycles. The molecule has 0 saturated heterocycles. The zero-order valence-corrected chi connectivity index (χ0v) is 14.1. The van der Waals surface area contributed by atoms with Crippen molar-refractivity contribution in [2.45, 2.75) is 13.8 Å². The number of urea groups is 1. The molecule has 0 saturated carbocycles. The van der Waals surface area contributed by atoms with E-state index in [1.54, 1.807) is 13.1 Å². The van der Waals surface area contributed by atoms with E-state index in [-0.39, 0.29) is 24.9 Å². The van der Waals surface area contributed by atoms with Crippen molar-refractivity contribution in [2.75, 3.05) is 32.0 Å². The summed E-state index contributed by atoms with van der Waals surface area (Å²) in [6, 6.07) is 5.00. The van der Waals surface area contributed by atoms with Crippen LogP contribution in [0, 0.1) is 11.7 Å². The molecule has 0 spiro atoms. The Hall–Kier alpha value is -2.48. The SMILES string of the molecule is CC(C)CNC(=O)NC(=O)C[NH+](C)CC(=O)Nc1cccc(F)c1. The quantitative estimate of drug-likeness (QED) is 0.553. The lowest BCUT2D eigenvalue weighted by Gasteiger charge is -2.14. The zero-order valence-electron chi connectivity index (χ0n) is 14.1. The molecule has 0 bridgehead atoms. The summed E-state index contributed by atoms with van der Waals surface area (Å²) in [5.74, 6) is -0.992. The summed E-state index contributed by atoms with van der Waals surface area (Å²) in [4.78, 5) is 35.6. The molecule has 0 radical (unpaired) electrons. The van der Waals surface area contributed by atoms with Crippen LogP contribution in [0.5, 0.6) is 0 Å². The van der Waals surface area contributed by atoms with Gasteiger partial charge in [-0.2, -0.15) is 0 Å². The van der Waals surface area contributed by atoms with Crippen LogP contribution < -0.4 is 20.9 Å². The third-order valence-electron chi connectivity index (χ3n) is 2.96. The Bertz CT molecular complexity index is 592. The molecule has 0 fully saturated rings. The van der Waals surface area contributed by atoms with Crippen molar-refractivity contribution < 1.29 is 23.7 Å². The standard InChI is InChI=1S/C16H23FN4O3/c1-11(2)8-18-16(24)20-15(23)10-21(3)9-14(22)19-13-6-4-5-12(17)7-13/h4-7,11H,8-10H2,1-3H3,(H,19,22)(H2,18,20,23,24)/p+1. The number of carbonyl (C=O) groups is 3. The summed E-state index contributed by atoms with van der Waals surface area (Å²) < 4.78 is 13.0. The van der Waals surface area contributed by atoms with Crippen LogP contribution in [0.1, 0.15) is 13.8 Å². The summed E-state index contributed by atoms with van der Waals surface area (Å²) in [5, 5.41) is 7.33. The van der Waals surface area contributed by atoms with Crippen molar-refractivity contribution in [3.8, 4) is 0 Å². The van der Waals surface area contributed by atoms with E-state index in [1.165, 1.54) is 18.2 Å². The van der Waals surface area contributed by atoms with Crippen molar-refractivity contribution in [3.63, 3.8) is 0 Å². The minimum Gasteiger partial charge on any atom is -0.338 e. The number of carbonyl (C=O) groups excluding carboxylic acids is 3. The molecule has 7 nitrogen and oxygen atoms in total. The van der Waals surface area contributed by atoms with Gasteiger partial charge in [0.05, 0.1) is 7.05 Å². The van der Waals surface area contributed by atoms with Gasteiger partial charge in [0.2, 0.25) is 0 Å². The maximum atomic E-state index is 13.0. The first-order valence-corrected chi connectivity index (χ1v) is 7.70. The number of halogens is 1. The Morgan fingerprint density at radius 3 is 2.46 bits per heavy atom. The van der Waals surface area contributed by atoms with Crippen LogP contribution in [0.25, 0.3) is 0 Å². The highest BCUT2D eigenvalue weighted by Gasteiger charge is 2.16. The highest BCUT2D eigenvalue weighted by molar-refractivity contribution is 5.95. The van der Waals surface area contributed by atoms with Gasteiger partial charge in [-0.1, -0.05) is 19.9 Å². The molecule has 1 rings (SSSR count). The molecule has 8 heteroatoms. The maximum absolute atomic E-state index is 13.0. The van der Waals surface area contributed by atoms with E-state index in [2.05, 4.69) is 16.0 Å². The van der Waals surface area contributed by atoms with E-state index in [4.69, 9.17) is 0 Å². The molecule has 1 aromatic carbocycles. The molecule has 4 amide bonds. The number of imide groups is 1. The molecule has 0 aliphatic heterocycles. The highest BCUT2D eigenvalue weighted by atomic mass is 19.1. The van der Waals surface area contributed by atoms with E-state index < -0.39 is 17.8 Å². The van der Waals surface area contributed by atoms with Crippen LogP contribution in [-0.4, -0.2) is 44.5 Å². The van der Waals surface area contributed by atoms with Gasteiger partial charge in [-0.15, -0.1) is 0 Å². The third kappa shape index (κ3) is 8.23. The molecule has 0 heterocycles. The van der Waals surface area contributed by atoms with Gasteiger partial charge in [0, 0.05) is 12.2 Å². The average molecular weight is 339 g/mol. The average Bonchev–Trinajstić information content (AvgIpc) is 2.44. The normalized spacial score (nSPS) is 11.7. The molecule has 1 aromatic rings. The second-order valence-electron chi connectivity index (χ2n) is 6.02. The number of benzene rings is 1. The van der Waals surface area contributed by atoms with E-state index in [0.29, 0.717) is 17.1 Å². The van der Waals surface area contributed by atoms with Crippen LogP contribution in [0.15, 0.2) is 24.3 Å². The lowest BCUT2D eigenvalue weighted by molar-refractivity contribution is -0.862. The predicted molar refractivity (Wildman–Crippen MR) is 88.0 cm³/mol. The summed E-state index contributed by atoms with van der Waals surface area (Å²) in [7, 11) is 1.65. The van der Waals surface area contributed by atoms with Gasteiger partial charge < -0.3 is 15.5 Å². The number of quaternary nitrogens is 1. The molecule has 1 atom stereocenters. The predicted octanol–water partition coefficient (Wildman–Crippen LogP) is -0.239. The zero-order chi connectivity index (χ0) is 18.1. The Balaban J connectivity index is 2.34. The lowest BCUT2D eigenvalue weighted by Crippen LogP contribution is -3.11. The summed E-state index contributed by atoms with van der Waals surface area (Å²) in [6.45, 7) is 4.33. The van der Waals surface area contributed by atoms with Gasteiger partial charge in [0.15, 0.2) is 13.1 Å². The first-order valence-electron chi connectivity index (χ1n) is 7.70. The van der Waals surface area contributed by atoms with E-state index >= 15 is 0 Å². The topological polar surface area (TPSA) is 91.7 Å². The monoisotopic (exact) mass is 339 g/mol. The molecule has 24 heavy (non-hydrogen) atoms. The van der Waals surface area contributed by atoms with Crippen LogP contribution in [-0.2, 0) is 9.59 Å². The highest BCUT2D eigenvalue weighted by Crippen LogP contribution is 2.08. The Kier molecular flexibility index (Phi) is 7.84. The minimum absolute atomic E-state index is 0.0115. The van der Waals surface area contributed by atoms with Crippen molar-refractivity contribution in [1.29, 1.82) is 0 Å². The van der Waals surface area contributed by atoms with Crippen molar-refractivity contribution in [1.82, 2.24) is 10.6 Å². The smallest absolute Gasteiger partial charge is 0.321 e. The van der Waals surface area contributed by atoms with Gasteiger partial charge in [-0.25, -0.2) is 9.18 Å². The number of likely N-dealkylation sites (N-methyl/N-ethyl adjacent to an activating group) is 1. The van der Waals surface area contributed by atoms with Crippen LogP contribution >= 0.6 is 0 Å². The number of rotatable bonds is 7. The van der Waals surface area contributed by atoms with E-state index in [0.717, 1.165) is 0 Å². The molecular weight excluding hydrogens is 315 g/mol. The molecule has 0 aliphatic rings. The molecule has 1 unspecified atom stereocenters. The molecule has 132 valence electrons. The maximum Gasteiger partial charge on any atom is 0.321 e. The van der Waals surface area contributed by atoms with Crippen LogP contribution in [0.2, 0.25) is 0 Å². The van der Waals surface area contributed by atoms with Gasteiger partial charge in [-0.05, 0) is 24.1 Å². The fraction of sp³-hybridized carbons (Fsp3) is 0.438. The van der Waals surface area contributed by atoms with Gasteiger partial charge in [-0.3, -0.25) is 14.9 Å². The van der Waals surface area contributed by atoms with Crippen LogP contribution in [0.4, 0.5) is 14.9 Å². The second-order valence-corrected chi connectivity index (χ2v) is 6.02. The number of hydrogen-bond acceptors (Lipinski definition) is 3. The summed E-state index contributed by atoms with van der Waals surface area (Å²) in [6.07, 6.45) is 0. The van der Waals surface area contributed by atoms with Gasteiger partial charge >= 0.3 is 6.03 Å². The van der Waals surface area contributed by atoms with Crippen molar-refractivity contribution in [2.24, 2.45) is 5.92 Å².